The van der Waals surface area contributed by atoms with Crippen LogP contribution in [0.5, 0.6) is 5.75 Å². The zero-order valence-electron chi connectivity index (χ0n) is 12.4. The van der Waals surface area contributed by atoms with Crippen LogP contribution >= 0.6 is 0 Å². The molecule has 0 saturated carbocycles. The highest BCUT2D eigenvalue weighted by Gasteiger charge is 2.16. The van der Waals surface area contributed by atoms with Crippen molar-refractivity contribution in [2.24, 2.45) is 0 Å². The van der Waals surface area contributed by atoms with Gasteiger partial charge in [-0.2, -0.15) is 0 Å². The number of ketones is 1. The molecule has 4 rings (SSSR count). The van der Waals surface area contributed by atoms with Crippen molar-refractivity contribution in [3.05, 3.63) is 95.3 Å². The summed E-state index contributed by atoms with van der Waals surface area (Å²) in [6.45, 7) is 0. The maximum absolute atomic E-state index is 12.2. The van der Waals surface area contributed by atoms with E-state index in [9.17, 15) is 4.79 Å². The number of hydrogen-bond donors (Lipinski definition) is 0. The first-order valence-electron chi connectivity index (χ1n) is 7.50. The zero-order valence-corrected chi connectivity index (χ0v) is 12.4. The van der Waals surface area contributed by atoms with Crippen LogP contribution in [-0.4, -0.2) is 5.78 Å². The molecule has 1 aliphatic carbocycles. The molecule has 2 nitrogen and oxygen atoms in total. The monoisotopic (exact) mass is 298 g/mol. The van der Waals surface area contributed by atoms with Crippen LogP contribution in [0, 0.1) is 0 Å². The van der Waals surface area contributed by atoms with Crippen molar-refractivity contribution in [1.82, 2.24) is 0 Å². The summed E-state index contributed by atoms with van der Waals surface area (Å²) in [5.74, 6) is 1.56. The predicted molar refractivity (Wildman–Crippen MR) is 92.6 cm³/mol. The molecule has 0 atom stereocenters. The van der Waals surface area contributed by atoms with Crippen molar-refractivity contribution in [3.8, 4) is 5.75 Å². The van der Waals surface area contributed by atoms with Gasteiger partial charge in [0.1, 0.15) is 11.5 Å². The molecule has 0 fully saturated rings. The first kappa shape index (κ1) is 13.5. The molecule has 2 aliphatic rings. The molecule has 0 saturated heterocycles. The van der Waals surface area contributed by atoms with Gasteiger partial charge < -0.3 is 4.74 Å². The van der Waals surface area contributed by atoms with Gasteiger partial charge in [-0.25, -0.2) is 0 Å². The molecule has 23 heavy (non-hydrogen) atoms. The Morgan fingerprint density at radius 3 is 2.39 bits per heavy atom. The first-order valence-corrected chi connectivity index (χ1v) is 7.50. The van der Waals surface area contributed by atoms with E-state index in [4.69, 9.17) is 4.74 Å². The molecule has 2 heteroatoms. The van der Waals surface area contributed by atoms with Crippen LogP contribution in [0.4, 0.5) is 0 Å². The molecule has 1 aliphatic heterocycles. The van der Waals surface area contributed by atoms with E-state index in [2.05, 4.69) is 0 Å². The van der Waals surface area contributed by atoms with E-state index < -0.39 is 0 Å². The Balaban J connectivity index is 1.69. The minimum Gasteiger partial charge on any atom is -0.457 e. The molecule has 0 unspecified atom stereocenters. The normalized spacial score (nSPS) is 18.7. The predicted octanol–water partition coefficient (Wildman–Crippen LogP) is 4.66. The molecule has 0 radical (unpaired) electrons. The fourth-order valence-corrected chi connectivity index (χ4v) is 2.75. The molecular weight excluding hydrogens is 284 g/mol. The lowest BCUT2D eigenvalue weighted by Crippen LogP contribution is -2.04. The summed E-state index contributed by atoms with van der Waals surface area (Å²) in [4.78, 5) is 12.2. The average molecular weight is 298 g/mol. The Morgan fingerprint density at radius 1 is 0.739 bits per heavy atom. The van der Waals surface area contributed by atoms with Gasteiger partial charge in [0, 0.05) is 11.1 Å². The van der Waals surface area contributed by atoms with E-state index in [1.165, 1.54) is 0 Å². The number of hydrogen-bond acceptors (Lipinski definition) is 2. The number of ether oxygens (including phenoxy) is 1. The third-order valence-corrected chi connectivity index (χ3v) is 3.92. The van der Waals surface area contributed by atoms with Crippen molar-refractivity contribution in [2.45, 2.75) is 0 Å². The van der Waals surface area contributed by atoms with Gasteiger partial charge in [0.2, 0.25) is 0 Å². The Kier molecular flexibility index (Phi) is 3.28. The van der Waals surface area contributed by atoms with Crippen molar-refractivity contribution in [3.63, 3.8) is 0 Å². The summed E-state index contributed by atoms with van der Waals surface area (Å²) >= 11 is 0. The van der Waals surface area contributed by atoms with Gasteiger partial charge in [0.25, 0.3) is 0 Å². The largest absolute Gasteiger partial charge is 0.457 e. The van der Waals surface area contributed by atoms with Crippen LogP contribution in [0.1, 0.15) is 16.7 Å². The number of rotatable bonds is 1. The highest BCUT2D eigenvalue weighted by Crippen LogP contribution is 2.29. The van der Waals surface area contributed by atoms with Crippen molar-refractivity contribution >= 4 is 23.5 Å². The molecule has 2 aromatic rings. The van der Waals surface area contributed by atoms with Gasteiger partial charge in [-0.15, -0.1) is 0 Å². The van der Waals surface area contributed by atoms with E-state index in [-0.39, 0.29) is 5.78 Å². The number of allylic oxidation sites excluding steroid dienone is 5. The molecule has 2 aromatic carbocycles. The van der Waals surface area contributed by atoms with Gasteiger partial charge in [-0.05, 0) is 47.6 Å². The van der Waals surface area contributed by atoms with Crippen LogP contribution in [0.15, 0.2) is 78.6 Å². The number of carbonyl (C=O) groups excluding carboxylic acids is 1. The zero-order chi connectivity index (χ0) is 15.6. The Bertz CT molecular complexity index is 911. The summed E-state index contributed by atoms with van der Waals surface area (Å²) in [6, 6.07) is 15.8. The van der Waals surface area contributed by atoms with Crippen molar-refractivity contribution < 1.29 is 9.53 Å². The van der Waals surface area contributed by atoms with E-state index >= 15 is 0 Å². The van der Waals surface area contributed by atoms with E-state index in [1.807, 2.05) is 78.9 Å². The van der Waals surface area contributed by atoms with E-state index in [0.29, 0.717) is 5.57 Å². The number of carbonyl (C=O) groups is 1. The van der Waals surface area contributed by atoms with Crippen molar-refractivity contribution in [2.75, 3.05) is 0 Å². The third kappa shape index (κ3) is 2.55. The number of para-hydroxylation sites is 1. The highest BCUT2D eigenvalue weighted by molar-refractivity contribution is 6.30. The van der Waals surface area contributed by atoms with Crippen LogP contribution < -0.4 is 4.74 Å². The lowest BCUT2D eigenvalue weighted by Gasteiger charge is -2.15. The topological polar surface area (TPSA) is 26.3 Å². The van der Waals surface area contributed by atoms with Crippen LogP contribution in [0.3, 0.4) is 0 Å². The summed E-state index contributed by atoms with van der Waals surface area (Å²) in [5.41, 5.74) is 3.75. The molecule has 0 amide bonds. The third-order valence-electron chi connectivity index (χ3n) is 3.92. The van der Waals surface area contributed by atoms with Crippen LogP contribution in [0.2, 0.25) is 0 Å². The first-order chi connectivity index (χ1) is 11.3. The maximum Gasteiger partial charge on any atom is 0.186 e. The Hall–Kier alpha value is -3.13. The fourth-order valence-electron chi connectivity index (χ4n) is 2.75. The van der Waals surface area contributed by atoms with Gasteiger partial charge in [-0.3, -0.25) is 4.79 Å². The average Bonchev–Trinajstić information content (AvgIpc) is 2.61. The van der Waals surface area contributed by atoms with Gasteiger partial charge in [-0.1, -0.05) is 48.5 Å². The van der Waals surface area contributed by atoms with E-state index in [0.717, 1.165) is 28.2 Å². The maximum atomic E-state index is 12.2. The lowest BCUT2D eigenvalue weighted by atomic mass is 9.91. The summed E-state index contributed by atoms with van der Waals surface area (Å²) < 4.78 is 5.85. The van der Waals surface area contributed by atoms with Crippen LogP contribution in [0.25, 0.3) is 17.7 Å². The second-order valence-electron chi connectivity index (χ2n) is 5.41. The number of fused-ring (bicyclic) bond motifs is 2. The van der Waals surface area contributed by atoms with Crippen LogP contribution in [-0.2, 0) is 4.79 Å². The Morgan fingerprint density at radius 2 is 1.48 bits per heavy atom. The SMILES string of the molecule is O=C1C=Cc2ccccc2/C1=C/C=C1\C=Cc2ccccc2O1. The molecule has 0 aromatic heterocycles. The molecule has 110 valence electrons. The summed E-state index contributed by atoms with van der Waals surface area (Å²) in [7, 11) is 0. The minimum absolute atomic E-state index is 0.0146. The Labute approximate surface area is 134 Å². The summed E-state index contributed by atoms with van der Waals surface area (Å²) in [6.07, 6.45) is 11.1. The van der Waals surface area contributed by atoms with Gasteiger partial charge in [0.05, 0.1) is 0 Å². The smallest absolute Gasteiger partial charge is 0.186 e. The second-order valence-corrected chi connectivity index (χ2v) is 5.41. The highest BCUT2D eigenvalue weighted by atomic mass is 16.5. The van der Waals surface area contributed by atoms with Crippen molar-refractivity contribution in [1.29, 1.82) is 0 Å². The molecule has 0 spiro atoms. The standard InChI is InChI=1S/C21H14O2/c22-20-14-10-15-5-1-3-7-18(15)19(20)13-12-17-11-9-16-6-2-4-8-21(16)23-17/h1-14H/b17-12+,19-13-. The van der Waals surface area contributed by atoms with Gasteiger partial charge >= 0.3 is 0 Å². The molecule has 1 heterocycles. The summed E-state index contributed by atoms with van der Waals surface area (Å²) in [5, 5.41) is 0. The minimum atomic E-state index is 0.0146. The quantitative estimate of drug-likeness (QED) is 0.716. The molecular formula is C21H14O2. The fraction of sp³-hybridized carbons (Fsp3) is 0. The number of benzene rings is 2. The molecule has 0 bridgehead atoms. The molecule has 0 N–H and O–H groups in total. The second kappa shape index (κ2) is 5.58. The van der Waals surface area contributed by atoms with Gasteiger partial charge in [0.15, 0.2) is 5.78 Å². The van der Waals surface area contributed by atoms with E-state index in [1.54, 1.807) is 6.08 Å². The lowest BCUT2D eigenvalue weighted by molar-refractivity contribution is -0.109.